The largest absolute Gasteiger partial charge is 0.298 e. The monoisotopic (exact) mass is 155 g/mol. The van der Waals surface area contributed by atoms with E-state index in [2.05, 4.69) is 0 Å². The maximum absolute atomic E-state index is 10.2. The van der Waals surface area contributed by atoms with Crippen molar-refractivity contribution in [3.63, 3.8) is 0 Å². The highest BCUT2D eigenvalue weighted by molar-refractivity contribution is 5.78. The number of aldehydes is 1. The zero-order valence-electron chi connectivity index (χ0n) is 6.40. The number of allylic oxidation sites excluding steroid dienone is 3. The van der Waals surface area contributed by atoms with E-state index < -0.39 is 4.92 Å². The highest BCUT2D eigenvalue weighted by Gasteiger charge is 2.13. The molecule has 0 spiro atoms. The molecule has 0 aliphatic heterocycles. The SMILES string of the molecule is C/C=C(C=O)\C(=C/C)[N+](=O)[O-]. The topological polar surface area (TPSA) is 60.2 Å². The number of hydrogen-bond acceptors (Lipinski definition) is 3. The van der Waals surface area contributed by atoms with Crippen LogP contribution in [0, 0.1) is 10.1 Å². The molecular formula is C7H9NO3. The Kier molecular flexibility index (Phi) is 3.80. The molecule has 0 heterocycles. The van der Waals surface area contributed by atoms with Crippen molar-refractivity contribution >= 4 is 6.29 Å². The first-order chi connectivity index (χ1) is 5.17. The van der Waals surface area contributed by atoms with E-state index in [0.717, 1.165) is 0 Å². The molecule has 0 unspecified atom stereocenters. The molecule has 0 saturated heterocycles. The first-order valence-electron chi connectivity index (χ1n) is 3.10. The minimum atomic E-state index is -0.580. The fourth-order valence-electron chi connectivity index (χ4n) is 0.654. The molecule has 4 heteroatoms. The van der Waals surface area contributed by atoms with Crippen molar-refractivity contribution in [3.8, 4) is 0 Å². The molecule has 0 aromatic heterocycles. The van der Waals surface area contributed by atoms with Crippen molar-refractivity contribution in [3.05, 3.63) is 33.5 Å². The van der Waals surface area contributed by atoms with Gasteiger partial charge in [-0.2, -0.15) is 0 Å². The number of nitrogens with zero attached hydrogens (tertiary/aromatic N) is 1. The fraction of sp³-hybridized carbons (Fsp3) is 0.286. The van der Waals surface area contributed by atoms with Crippen molar-refractivity contribution in [1.29, 1.82) is 0 Å². The summed E-state index contributed by atoms with van der Waals surface area (Å²) in [6.45, 7) is 3.10. The summed E-state index contributed by atoms with van der Waals surface area (Å²) in [7, 11) is 0. The Morgan fingerprint density at radius 1 is 1.36 bits per heavy atom. The van der Waals surface area contributed by atoms with Gasteiger partial charge in [-0.3, -0.25) is 14.9 Å². The maximum atomic E-state index is 10.2. The average molecular weight is 155 g/mol. The Labute approximate surface area is 64.4 Å². The molecule has 0 aliphatic carbocycles. The number of hydrogen-bond donors (Lipinski definition) is 0. The van der Waals surface area contributed by atoms with Crippen LogP contribution in [0.1, 0.15) is 13.8 Å². The molecule has 0 atom stereocenters. The van der Waals surface area contributed by atoms with Crippen LogP contribution in [0.4, 0.5) is 0 Å². The molecule has 0 saturated carbocycles. The standard InChI is InChI=1S/C7H9NO3/c1-3-6(5-9)7(4-2)8(10)11/h3-5H,1-2H3/b6-3-,7-4+. The second kappa shape index (κ2) is 4.38. The van der Waals surface area contributed by atoms with Crippen molar-refractivity contribution in [1.82, 2.24) is 0 Å². The van der Waals surface area contributed by atoms with Crippen LogP contribution in [0.15, 0.2) is 23.4 Å². The van der Waals surface area contributed by atoms with Gasteiger partial charge in [-0.15, -0.1) is 0 Å². The van der Waals surface area contributed by atoms with E-state index in [0.29, 0.717) is 6.29 Å². The zero-order valence-corrected chi connectivity index (χ0v) is 6.40. The van der Waals surface area contributed by atoms with Crippen LogP contribution in [0.3, 0.4) is 0 Å². The van der Waals surface area contributed by atoms with Gasteiger partial charge >= 0.3 is 0 Å². The highest BCUT2D eigenvalue weighted by atomic mass is 16.6. The highest BCUT2D eigenvalue weighted by Crippen LogP contribution is 2.06. The molecule has 0 fully saturated rings. The third kappa shape index (κ3) is 2.33. The van der Waals surface area contributed by atoms with E-state index in [1.54, 1.807) is 6.92 Å². The second-order valence-corrected chi connectivity index (χ2v) is 1.79. The van der Waals surface area contributed by atoms with Gasteiger partial charge in [0.2, 0.25) is 0 Å². The molecule has 0 aromatic rings. The average Bonchev–Trinajstić information content (AvgIpc) is 1.99. The summed E-state index contributed by atoms with van der Waals surface area (Å²) in [6.07, 6.45) is 3.17. The third-order valence-corrected chi connectivity index (χ3v) is 1.20. The Morgan fingerprint density at radius 3 is 2.00 bits per heavy atom. The summed E-state index contributed by atoms with van der Waals surface area (Å²) in [4.78, 5) is 19.9. The van der Waals surface area contributed by atoms with E-state index in [1.165, 1.54) is 19.1 Å². The van der Waals surface area contributed by atoms with E-state index in [9.17, 15) is 14.9 Å². The number of rotatable bonds is 3. The van der Waals surface area contributed by atoms with Gasteiger partial charge < -0.3 is 0 Å². The van der Waals surface area contributed by atoms with Crippen molar-refractivity contribution in [2.75, 3.05) is 0 Å². The van der Waals surface area contributed by atoms with Gasteiger partial charge in [-0.1, -0.05) is 6.08 Å². The Bertz CT molecular complexity index is 228. The first kappa shape index (κ1) is 9.55. The van der Waals surface area contributed by atoms with Gasteiger partial charge in [0.15, 0.2) is 6.29 Å². The lowest BCUT2D eigenvalue weighted by atomic mass is 10.2. The Balaban J connectivity index is 4.79. The maximum Gasteiger partial charge on any atom is 0.275 e. The molecule has 0 rings (SSSR count). The van der Waals surface area contributed by atoms with Gasteiger partial charge in [0.1, 0.15) is 0 Å². The van der Waals surface area contributed by atoms with Gasteiger partial charge in [-0.25, -0.2) is 0 Å². The lowest BCUT2D eigenvalue weighted by Crippen LogP contribution is -2.02. The predicted octanol–water partition coefficient (Wildman–Crippen LogP) is 1.31. The van der Waals surface area contributed by atoms with Gasteiger partial charge in [-0.05, 0) is 19.9 Å². The second-order valence-electron chi connectivity index (χ2n) is 1.79. The first-order valence-corrected chi connectivity index (χ1v) is 3.10. The fourth-order valence-corrected chi connectivity index (χ4v) is 0.654. The summed E-state index contributed by atoms with van der Waals surface area (Å²) in [5, 5.41) is 10.2. The summed E-state index contributed by atoms with van der Waals surface area (Å²) >= 11 is 0. The number of carbonyl (C=O) groups is 1. The molecule has 0 amide bonds. The van der Waals surface area contributed by atoms with Crippen LogP contribution in [0.2, 0.25) is 0 Å². The van der Waals surface area contributed by atoms with Crippen LogP contribution in [0.25, 0.3) is 0 Å². The molecule has 60 valence electrons. The smallest absolute Gasteiger partial charge is 0.275 e. The van der Waals surface area contributed by atoms with Gasteiger partial charge in [0, 0.05) is 0 Å². The predicted molar refractivity (Wildman–Crippen MR) is 40.6 cm³/mol. The number of carbonyl (C=O) groups excluding carboxylic acids is 1. The van der Waals surface area contributed by atoms with Crippen LogP contribution in [-0.4, -0.2) is 11.2 Å². The van der Waals surface area contributed by atoms with Crippen molar-refractivity contribution < 1.29 is 9.72 Å². The summed E-state index contributed by atoms with van der Waals surface area (Å²) < 4.78 is 0. The molecule has 4 nitrogen and oxygen atoms in total. The molecule has 0 aliphatic rings. The van der Waals surface area contributed by atoms with E-state index in [-0.39, 0.29) is 11.3 Å². The van der Waals surface area contributed by atoms with Crippen LogP contribution >= 0.6 is 0 Å². The number of nitro groups is 1. The molecule has 0 N–H and O–H groups in total. The normalized spacial score (nSPS) is 12.9. The lowest BCUT2D eigenvalue weighted by molar-refractivity contribution is -0.420. The van der Waals surface area contributed by atoms with Gasteiger partial charge in [0.05, 0.1) is 10.5 Å². The zero-order chi connectivity index (χ0) is 8.85. The Hall–Kier alpha value is -1.45. The quantitative estimate of drug-likeness (QED) is 0.203. The molecule has 0 radical (unpaired) electrons. The van der Waals surface area contributed by atoms with E-state index in [1.807, 2.05) is 0 Å². The van der Waals surface area contributed by atoms with E-state index in [4.69, 9.17) is 0 Å². The van der Waals surface area contributed by atoms with Crippen LogP contribution in [0.5, 0.6) is 0 Å². The molecular weight excluding hydrogens is 146 g/mol. The summed E-state index contributed by atoms with van der Waals surface area (Å²) in [5.74, 6) is 0. The van der Waals surface area contributed by atoms with Crippen molar-refractivity contribution in [2.24, 2.45) is 0 Å². The van der Waals surface area contributed by atoms with Crippen LogP contribution < -0.4 is 0 Å². The summed E-state index contributed by atoms with van der Waals surface area (Å²) in [6, 6.07) is 0. The molecule has 0 aromatic carbocycles. The van der Waals surface area contributed by atoms with Gasteiger partial charge in [0.25, 0.3) is 5.70 Å². The Morgan fingerprint density at radius 2 is 1.91 bits per heavy atom. The lowest BCUT2D eigenvalue weighted by Gasteiger charge is -1.93. The minimum Gasteiger partial charge on any atom is -0.298 e. The third-order valence-electron chi connectivity index (χ3n) is 1.20. The van der Waals surface area contributed by atoms with E-state index >= 15 is 0 Å². The van der Waals surface area contributed by atoms with Crippen molar-refractivity contribution in [2.45, 2.75) is 13.8 Å². The summed E-state index contributed by atoms with van der Waals surface area (Å²) in [5.41, 5.74) is -0.0417. The minimum absolute atomic E-state index is 0.109. The molecule has 0 bridgehead atoms. The molecule has 11 heavy (non-hydrogen) atoms. The van der Waals surface area contributed by atoms with Crippen LogP contribution in [-0.2, 0) is 4.79 Å².